The van der Waals surface area contributed by atoms with E-state index in [1.54, 1.807) is 34.7 Å². The van der Waals surface area contributed by atoms with Crippen LogP contribution in [-0.4, -0.2) is 64.8 Å². The normalized spacial score (nSPS) is 10.5. The van der Waals surface area contributed by atoms with Crippen molar-refractivity contribution in [3.8, 4) is 11.5 Å². The molecule has 2 aromatic heterocycles. The van der Waals surface area contributed by atoms with Crippen LogP contribution in [0.3, 0.4) is 0 Å². The Morgan fingerprint density at radius 2 is 1.35 bits per heavy atom. The molecule has 2 rings (SSSR count). The van der Waals surface area contributed by atoms with Gasteiger partial charge in [-0.2, -0.15) is 0 Å². The first-order chi connectivity index (χ1) is 14.8. The highest BCUT2D eigenvalue weighted by molar-refractivity contribution is 6.08. The second kappa shape index (κ2) is 10.4. The van der Waals surface area contributed by atoms with E-state index in [-0.39, 0.29) is 60.5 Å². The van der Waals surface area contributed by atoms with E-state index in [0.717, 1.165) is 0 Å². The Labute approximate surface area is 178 Å². The van der Waals surface area contributed by atoms with Crippen molar-refractivity contribution in [2.24, 2.45) is 7.05 Å². The van der Waals surface area contributed by atoms with Crippen LogP contribution in [0.5, 0.6) is 0 Å². The van der Waals surface area contributed by atoms with Crippen LogP contribution in [0.1, 0.15) is 69.4 Å². The third-order valence-corrected chi connectivity index (χ3v) is 4.03. The van der Waals surface area contributed by atoms with Crippen molar-refractivity contribution >= 4 is 23.9 Å². The zero-order valence-corrected chi connectivity index (χ0v) is 18.1. The lowest BCUT2D eigenvalue weighted by molar-refractivity contribution is 0.0471. The van der Waals surface area contributed by atoms with E-state index in [9.17, 15) is 19.2 Å². The average molecular weight is 435 g/mol. The minimum Gasteiger partial charge on any atom is -0.462 e. The van der Waals surface area contributed by atoms with E-state index in [4.69, 9.17) is 18.9 Å². The van der Waals surface area contributed by atoms with Crippen LogP contribution in [0.15, 0.2) is 6.20 Å². The Hall–Kier alpha value is -3.63. The Balaban J connectivity index is 2.73. The van der Waals surface area contributed by atoms with Gasteiger partial charge in [-0.05, 0) is 27.7 Å². The van der Waals surface area contributed by atoms with Gasteiger partial charge in [0.15, 0.2) is 17.2 Å². The predicted molar refractivity (Wildman–Crippen MR) is 107 cm³/mol. The molecule has 0 saturated carbocycles. The fraction of sp³-hybridized carbons (Fsp3) is 0.450. The van der Waals surface area contributed by atoms with Crippen molar-refractivity contribution < 1.29 is 38.1 Å². The quantitative estimate of drug-likeness (QED) is 0.463. The first-order valence-electron chi connectivity index (χ1n) is 9.78. The molecule has 0 aliphatic carbocycles. The molecule has 0 amide bonds. The Morgan fingerprint density at radius 1 is 0.839 bits per heavy atom. The Morgan fingerprint density at radius 3 is 1.94 bits per heavy atom. The molecule has 0 aliphatic rings. The smallest absolute Gasteiger partial charge is 0.359 e. The molecule has 0 aromatic carbocycles. The van der Waals surface area contributed by atoms with Crippen molar-refractivity contribution in [3.63, 3.8) is 0 Å². The molecule has 0 spiro atoms. The number of carbonyl (C=O) groups is 4. The van der Waals surface area contributed by atoms with Gasteiger partial charge < -0.3 is 28.5 Å². The van der Waals surface area contributed by atoms with Gasteiger partial charge in [-0.3, -0.25) is 0 Å². The van der Waals surface area contributed by atoms with E-state index in [1.807, 2.05) is 0 Å². The summed E-state index contributed by atoms with van der Waals surface area (Å²) in [6.45, 7) is 6.78. The number of esters is 4. The maximum absolute atomic E-state index is 12.7. The number of rotatable bonds is 9. The molecule has 31 heavy (non-hydrogen) atoms. The summed E-state index contributed by atoms with van der Waals surface area (Å²) >= 11 is 0. The molecule has 0 radical (unpaired) electrons. The van der Waals surface area contributed by atoms with E-state index in [2.05, 4.69) is 9.97 Å². The molecule has 11 nitrogen and oxygen atoms in total. The molecule has 0 bridgehead atoms. The van der Waals surface area contributed by atoms with E-state index in [1.165, 1.54) is 10.8 Å². The highest BCUT2D eigenvalue weighted by Crippen LogP contribution is 2.29. The Kier molecular flexibility index (Phi) is 7.94. The summed E-state index contributed by atoms with van der Waals surface area (Å²) in [5, 5.41) is 0. The number of aromatic amines is 1. The standard InChI is InChI=1S/C20H25N3O8/c1-6-28-17(24)11-10-23(5)15(12(11)18(25)29-7-2)16-21-13(19(26)30-8-3)14(22-16)20(27)31-9-4/h10H,6-9H2,1-5H3,(H,21,22). The summed E-state index contributed by atoms with van der Waals surface area (Å²) in [6.07, 6.45) is 1.39. The van der Waals surface area contributed by atoms with Crippen molar-refractivity contribution in [1.29, 1.82) is 0 Å². The summed E-state index contributed by atoms with van der Waals surface area (Å²) in [5.74, 6) is -3.19. The molecule has 0 fully saturated rings. The van der Waals surface area contributed by atoms with Crippen LogP contribution in [0, 0.1) is 0 Å². The van der Waals surface area contributed by atoms with Gasteiger partial charge in [-0.15, -0.1) is 0 Å². The van der Waals surface area contributed by atoms with Crippen LogP contribution in [0.25, 0.3) is 11.5 Å². The molecule has 168 valence electrons. The van der Waals surface area contributed by atoms with Crippen molar-refractivity contribution in [3.05, 3.63) is 28.7 Å². The number of aromatic nitrogens is 3. The number of aryl methyl sites for hydroxylation is 1. The third kappa shape index (κ3) is 4.93. The maximum atomic E-state index is 12.7. The molecular formula is C20H25N3O8. The number of ether oxygens (including phenoxy) is 4. The van der Waals surface area contributed by atoms with Crippen molar-refractivity contribution in [1.82, 2.24) is 14.5 Å². The zero-order chi connectivity index (χ0) is 23.1. The third-order valence-electron chi connectivity index (χ3n) is 4.03. The average Bonchev–Trinajstić information content (AvgIpc) is 3.30. The number of carbonyl (C=O) groups excluding carboxylic acids is 4. The van der Waals surface area contributed by atoms with E-state index < -0.39 is 23.9 Å². The van der Waals surface area contributed by atoms with Crippen LogP contribution in [0.2, 0.25) is 0 Å². The zero-order valence-electron chi connectivity index (χ0n) is 18.1. The van der Waals surface area contributed by atoms with E-state index >= 15 is 0 Å². The molecule has 1 N–H and O–H groups in total. The van der Waals surface area contributed by atoms with Gasteiger partial charge in [-0.25, -0.2) is 24.2 Å². The van der Waals surface area contributed by atoms with Crippen LogP contribution in [-0.2, 0) is 26.0 Å². The van der Waals surface area contributed by atoms with Crippen LogP contribution in [0.4, 0.5) is 0 Å². The first-order valence-corrected chi connectivity index (χ1v) is 9.78. The van der Waals surface area contributed by atoms with Gasteiger partial charge in [0.05, 0.1) is 37.7 Å². The molecule has 11 heteroatoms. The predicted octanol–water partition coefficient (Wildman–Crippen LogP) is 2.12. The maximum Gasteiger partial charge on any atom is 0.359 e. The summed E-state index contributed by atoms with van der Waals surface area (Å²) in [7, 11) is 1.57. The fourth-order valence-corrected chi connectivity index (χ4v) is 2.87. The largest absolute Gasteiger partial charge is 0.462 e. The van der Waals surface area contributed by atoms with Gasteiger partial charge in [0.25, 0.3) is 0 Å². The number of hydrogen-bond donors (Lipinski definition) is 1. The highest BCUT2D eigenvalue weighted by atomic mass is 16.5. The van der Waals surface area contributed by atoms with Crippen molar-refractivity contribution in [2.75, 3.05) is 26.4 Å². The number of nitrogens with one attached hydrogen (secondary N) is 1. The number of nitrogens with zero attached hydrogens (tertiary/aromatic N) is 2. The minimum absolute atomic E-state index is 0.0211. The topological polar surface area (TPSA) is 139 Å². The SMILES string of the molecule is CCOC(=O)c1cn(C)c(-c2nc(C(=O)OCC)c(C(=O)OCC)[nH]2)c1C(=O)OCC. The summed E-state index contributed by atoms with van der Waals surface area (Å²) in [5.41, 5.74) is -0.553. The monoisotopic (exact) mass is 435 g/mol. The van der Waals surface area contributed by atoms with Crippen LogP contribution >= 0.6 is 0 Å². The Bertz CT molecular complexity index is 953. The molecule has 2 heterocycles. The number of imidazole rings is 1. The fourth-order valence-electron chi connectivity index (χ4n) is 2.87. The first kappa shape index (κ1) is 23.6. The second-order valence-electron chi connectivity index (χ2n) is 6.07. The lowest BCUT2D eigenvalue weighted by atomic mass is 10.1. The summed E-state index contributed by atoms with van der Waals surface area (Å²) in [6, 6.07) is 0. The summed E-state index contributed by atoms with van der Waals surface area (Å²) in [4.78, 5) is 56.7. The van der Waals surface area contributed by atoms with E-state index in [0.29, 0.717) is 0 Å². The summed E-state index contributed by atoms with van der Waals surface area (Å²) < 4.78 is 21.5. The molecule has 2 aromatic rings. The van der Waals surface area contributed by atoms with Gasteiger partial charge >= 0.3 is 23.9 Å². The lowest BCUT2D eigenvalue weighted by Crippen LogP contribution is -2.13. The lowest BCUT2D eigenvalue weighted by Gasteiger charge is -2.06. The van der Waals surface area contributed by atoms with Gasteiger partial charge in [0.2, 0.25) is 0 Å². The van der Waals surface area contributed by atoms with Crippen LogP contribution < -0.4 is 0 Å². The number of hydrogen-bond acceptors (Lipinski definition) is 9. The van der Waals surface area contributed by atoms with Gasteiger partial charge in [-0.1, -0.05) is 0 Å². The van der Waals surface area contributed by atoms with Crippen molar-refractivity contribution in [2.45, 2.75) is 27.7 Å². The highest BCUT2D eigenvalue weighted by Gasteiger charge is 2.32. The molecular weight excluding hydrogens is 410 g/mol. The molecule has 0 unspecified atom stereocenters. The van der Waals surface area contributed by atoms with Gasteiger partial charge in [0, 0.05) is 13.2 Å². The van der Waals surface area contributed by atoms with Gasteiger partial charge in [0.1, 0.15) is 5.56 Å². The second-order valence-corrected chi connectivity index (χ2v) is 6.07. The molecule has 0 aliphatic heterocycles. The molecule has 0 saturated heterocycles. The molecule has 0 atom stereocenters. The minimum atomic E-state index is -0.842. The number of H-pyrrole nitrogens is 1.